The average molecular weight is 472 g/mol. The highest BCUT2D eigenvalue weighted by molar-refractivity contribution is 8.27. The van der Waals surface area contributed by atoms with Crippen LogP contribution in [-0.2, 0) is 11.4 Å². The SMILES string of the molecule is O=C1/C(=C\c2cccc(OCc3ccccc3Cl)c2)SC(=S)N1c1cccc(Cl)c1. The molecule has 1 fully saturated rings. The van der Waals surface area contributed by atoms with Crippen LogP contribution >= 0.6 is 47.2 Å². The molecule has 150 valence electrons. The van der Waals surface area contributed by atoms with Crippen molar-refractivity contribution in [2.75, 3.05) is 4.90 Å². The Kier molecular flexibility index (Phi) is 6.44. The van der Waals surface area contributed by atoms with Crippen LogP contribution in [-0.4, -0.2) is 10.2 Å². The van der Waals surface area contributed by atoms with E-state index in [1.54, 1.807) is 18.2 Å². The maximum Gasteiger partial charge on any atom is 0.270 e. The summed E-state index contributed by atoms with van der Waals surface area (Å²) in [6.07, 6.45) is 1.81. The summed E-state index contributed by atoms with van der Waals surface area (Å²) in [5.74, 6) is 0.517. The minimum atomic E-state index is -0.172. The number of thioether (sulfide) groups is 1. The molecule has 7 heteroatoms. The highest BCUT2D eigenvalue weighted by Gasteiger charge is 2.33. The number of benzene rings is 3. The predicted molar refractivity (Wildman–Crippen MR) is 129 cm³/mol. The maximum absolute atomic E-state index is 12.9. The van der Waals surface area contributed by atoms with Gasteiger partial charge in [0.1, 0.15) is 12.4 Å². The van der Waals surface area contributed by atoms with Gasteiger partial charge in [-0.15, -0.1) is 0 Å². The van der Waals surface area contributed by atoms with E-state index < -0.39 is 0 Å². The number of amides is 1. The lowest BCUT2D eigenvalue weighted by Gasteiger charge is -2.14. The highest BCUT2D eigenvalue weighted by atomic mass is 35.5. The van der Waals surface area contributed by atoms with Crippen LogP contribution in [0.1, 0.15) is 11.1 Å². The third-order valence-electron chi connectivity index (χ3n) is 4.37. The molecule has 1 saturated heterocycles. The fourth-order valence-corrected chi connectivity index (χ4v) is 4.60. The third-order valence-corrected chi connectivity index (χ3v) is 6.27. The Balaban J connectivity index is 1.52. The molecule has 0 spiro atoms. The van der Waals surface area contributed by atoms with Crippen LogP contribution < -0.4 is 9.64 Å². The molecule has 1 amide bonds. The number of rotatable bonds is 5. The van der Waals surface area contributed by atoms with Crippen molar-refractivity contribution in [1.82, 2.24) is 0 Å². The van der Waals surface area contributed by atoms with E-state index in [-0.39, 0.29) is 5.91 Å². The summed E-state index contributed by atoms with van der Waals surface area (Å²) >= 11 is 18.9. The van der Waals surface area contributed by atoms with Crippen LogP contribution in [0.3, 0.4) is 0 Å². The molecule has 30 heavy (non-hydrogen) atoms. The highest BCUT2D eigenvalue weighted by Crippen LogP contribution is 2.37. The van der Waals surface area contributed by atoms with Gasteiger partial charge >= 0.3 is 0 Å². The van der Waals surface area contributed by atoms with Crippen LogP contribution in [0, 0.1) is 0 Å². The normalized spacial score (nSPS) is 15.1. The molecule has 0 unspecified atom stereocenters. The van der Waals surface area contributed by atoms with Crippen LogP contribution in [0.2, 0.25) is 10.0 Å². The standard InChI is InChI=1S/C23H15Cl2NO2S2/c24-17-7-4-8-18(13-17)26-22(27)21(30-23(26)29)12-15-5-3-9-19(11-15)28-14-16-6-1-2-10-20(16)25/h1-13H,14H2/b21-12+. The molecule has 0 bridgehead atoms. The molecule has 0 saturated carbocycles. The summed E-state index contributed by atoms with van der Waals surface area (Å²) in [5.41, 5.74) is 2.41. The molecule has 4 rings (SSSR count). The van der Waals surface area contributed by atoms with Gasteiger partial charge < -0.3 is 4.74 Å². The van der Waals surface area contributed by atoms with Gasteiger partial charge in [0.2, 0.25) is 0 Å². The molecule has 0 aromatic heterocycles. The van der Waals surface area contributed by atoms with E-state index in [0.717, 1.165) is 11.1 Å². The van der Waals surface area contributed by atoms with E-state index in [4.69, 9.17) is 40.2 Å². The van der Waals surface area contributed by atoms with E-state index >= 15 is 0 Å². The van der Waals surface area contributed by atoms with Crippen LogP contribution in [0.4, 0.5) is 5.69 Å². The van der Waals surface area contributed by atoms with E-state index in [0.29, 0.717) is 37.3 Å². The first-order valence-corrected chi connectivity index (χ1v) is 11.0. The molecular weight excluding hydrogens is 457 g/mol. The quantitative estimate of drug-likeness (QED) is 0.296. The van der Waals surface area contributed by atoms with Crippen molar-refractivity contribution in [1.29, 1.82) is 0 Å². The molecule has 1 heterocycles. The summed E-state index contributed by atoms with van der Waals surface area (Å²) in [6.45, 7) is 0.361. The second-order valence-corrected chi connectivity index (χ2v) is 8.97. The third kappa shape index (κ3) is 4.71. The van der Waals surface area contributed by atoms with Gasteiger partial charge in [0, 0.05) is 15.6 Å². The second-order valence-electron chi connectivity index (χ2n) is 6.45. The van der Waals surface area contributed by atoms with Gasteiger partial charge in [0.25, 0.3) is 5.91 Å². The first kappa shape index (κ1) is 20.9. The Morgan fingerprint density at radius 3 is 2.60 bits per heavy atom. The number of nitrogens with zero attached hydrogens (tertiary/aromatic N) is 1. The Morgan fingerprint density at radius 1 is 1.00 bits per heavy atom. The van der Waals surface area contributed by atoms with Crippen molar-refractivity contribution in [3.05, 3.63) is 98.9 Å². The van der Waals surface area contributed by atoms with Crippen LogP contribution in [0.15, 0.2) is 77.7 Å². The van der Waals surface area contributed by atoms with Crippen molar-refractivity contribution < 1.29 is 9.53 Å². The molecular formula is C23H15Cl2NO2S2. The largest absolute Gasteiger partial charge is 0.489 e. The number of ether oxygens (including phenoxy) is 1. The Labute approximate surface area is 194 Å². The first-order chi connectivity index (χ1) is 14.5. The summed E-state index contributed by atoms with van der Waals surface area (Å²) in [6, 6.07) is 22.2. The number of carbonyl (C=O) groups excluding carboxylic acids is 1. The Bertz CT molecular complexity index is 1160. The Morgan fingerprint density at radius 2 is 1.80 bits per heavy atom. The van der Waals surface area contributed by atoms with Gasteiger partial charge in [-0.05, 0) is 48.0 Å². The van der Waals surface area contributed by atoms with Gasteiger partial charge in [-0.2, -0.15) is 0 Å². The fraction of sp³-hybridized carbons (Fsp3) is 0.0435. The van der Waals surface area contributed by atoms with Crippen molar-refractivity contribution in [2.24, 2.45) is 0 Å². The van der Waals surface area contributed by atoms with Gasteiger partial charge in [0.15, 0.2) is 4.32 Å². The molecule has 3 aromatic rings. The molecule has 3 aromatic carbocycles. The fourth-order valence-electron chi connectivity index (χ4n) is 2.93. The number of anilines is 1. The Hall–Kier alpha value is -2.31. The monoisotopic (exact) mass is 471 g/mol. The maximum atomic E-state index is 12.9. The summed E-state index contributed by atoms with van der Waals surface area (Å²) in [4.78, 5) is 15.0. The summed E-state index contributed by atoms with van der Waals surface area (Å²) in [5, 5.41) is 1.22. The minimum absolute atomic E-state index is 0.172. The molecule has 1 aliphatic heterocycles. The minimum Gasteiger partial charge on any atom is -0.489 e. The van der Waals surface area contributed by atoms with Crippen molar-refractivity contribution in [3.63, 3.8) is 0 Å². The van der Waals surface area contributed by atoms with Crippen molar-refractivity contribution >= 4 is 69.2 Å². The number of hydrogen-bond acceptors (Lipinski definition) is 4. The van der Waals surface area contributed by atoms with E-state index in [9.17, 15) is 4.79 Å². The van der Waals surface area contributed by atoms with Crippen molar-refractivity contribution in [3.8, 4) is 5.75 Å². The zero-order chi connectivity index (χ0) is 21.1. The lowest BCUT2D eigenvalue weighted by molar-refractivity contribution is -0.113. The zero-order valence-electron chi connectivity index (χ0n) is 15.5. The van der Waals surface area contributed by atoms with Crippen molar-refractivity contribution in [2.45, 2.75) is 6.61 Å². The van der Waals surface area contributed by atoms with Gasteiger partial charge in [0.05, 0.1) is 10.6 Å². The number of halogens is 2. The molecule has 0 atom stereocenters. The molecule has 0 radical (unpaired) electrons. The predicted octanol–water partition coefficient (Wildman–Crippen LogP) is 6.98. The lowest BCUT2D eigenvalue weighted by Crippen LogP contribution is -2.27. The van der Waals surface area contributed by atoms with E-state index in [1.165, 1.54) is 16.7 Å². The molecule has 0 aliphatic carbocycles. The zero-order valence-corrected chi connectivity index (χ0v) is 18.7. The average Bonchev–Trinajstić information content (AvgIpc) is 3.00. The molecule has 0 N–H and O–H groups in total. The summed E-state index contributed by atoms with van der Waals surface area (Å²) < 4.78 is 6.35. The lowest BCUT2D eigenvalue weighted by atomic mass is 10.2. The molecule has 1 aliphatic rings. The number of thiocarbonyl (C=S) groups is 1. The topological polar surface area (TPSA) is 29.5 Å². The molecule has 3 nitrogen and oxygen atoms in total. The number of hydrogen-bond donors (Lipinski definition) is 0. The first-order valence-electron chi connectivity index (χ1n) is 9.01. The van der Waals surface area contributed by atoms with Crippen LogP contribution in [0.5, 0.6) is 5.75 Å². The second kappa shape index (κ2) is 9.23. The van der Waals surface area contributed by atoms with E-state index in [2.05, 4.69) is 0 Å². The smallest absolute Gasteiger partial charge is 0.270 e. The van der Waals surface area contributed by atoms with Crippen LogP contribution in [0.25, 0.3) is 6.08 Å². The van der Waals surface area contributed by atoms with Gasteiger partial charge in [-0.25, -0.2) is 0 Å². The summed E-state index contributed by atoms with van der Waals surface area (Å²) in [7, 11) is 0. The number of carbonyl (C=O) groups is 1. The van der Waals surface area contributed by atoms with Gasteiger partial charge in [-0.1, -0.05) is 83.6 Å². The van der Waals surface area contributed by atoms with Gasteiger partial charge in [-0.3, -0.25) is 9.69 Å². The van der Waals surface area contributed by atoms with E-state index in [1.807, 2.05) is 60.7 Å².